The molecule has 1 fully saturated rings. The summed E-state index contributed by atoms with van der Waals surface area (Å²) in [5.74, 6) is 1.66. The molecular weight excluding hydrogens is 282 g/mol. The molecule has 1 amide bonds. The van der Waals surface area contributed by atoms with Crippen molar-refractivity contribution in [3.63, 3.8) is 0 Å². The molecule has 6 heteroatoms. The Bertz CT molecular complexity index is 688. The molecule has 1 N–H and O–H groups in total. The number of amides is 1. The fourth-order valence-corrected chi connectivity index (χ4v) is 2.75. The van der Waals surface area contributed by atoms with Gasteiger partial charge >= 0.3 is 0 Å². The summed E-state index contributed by atoms with van der Waals surface area (Å²) in [5, 5.41) is 13.7. The molecule has 0 saturated carbocycles. The first kappa shape index (κ1) is 14.6. The van der Waals surface area contributed by atoms with Gasteiger partial charge in [-0.3, -0.25) is 4.79 Å². The van der Waals surface area contributed by atoms with Crippen LogP contribution in [0.1, 0.15) is 46.4 Å². The Kier molecular flexibility index (Phi) is 3.83. The van der Waals surface area contributed by atoms with Crippen molar-refractivity contribution in [3.8, 4) is 5.75 Å². The van der Waals surface area contributed by atoms with Crippen LogP contribution in [0.3, 0.4) is 0 Å². The molecule has 0 spiro atoms. The van der Waals surface area contributed by atoms with E-state index in [1.165, 1.54) is 6.07 Å². The molecule has 6 nitrogen and oxygen atoms in total. The molecule has 0 bridgehead atoms. The molecule has 1 aromatic heterocycles. The van der Waals surface area contributed by atoms with Crippen LogP contribution >= 0.6 is 0 Å². The minimum atomic E-state index is -0.0435. The van der Waals surface area contributed by atoms with Crippen LogP contribution in [0.25, 0.3) is 0 Å². The second-order valence-electron chi connectivity index (χ2n) is 5.74. The quantitative estimate of drug-likeness (QED) is 0.921. The zero-order chi connectivity index (χ0) is 15.7. The lowest BCUT2D eigenvalue weighted by Crippen LogP contribution is -2.38. The highest BCUT2D eigenvalue weighted by Gasteiger charge is 2.27. The van der Waals surface area contributed by atoms with Gasteiger partial charge in [0.05, 0.1) is 0 Å². The van der Waals surface area contributed by atoms with E-state index in [2.05, 4.69) is 10.1 Å². The van der Waals surface area contributed by atoms with Crippen molar-refractivity contribution in [2.75, 3.05) is 13.1 Å². The normalized spacial score (nSPS) is 16.0. The Balaban J connectivity index is 1.65. The van der Waals surface area contributed by atoms with Gasteiger partial charge in [-0.2, -0.15) is 4.98 Å². The van der Waals surface area contributed by atoms with Gasteiger partial charge in [-0.25, -0.2) is 0 Å². The maximum absolute atomic E-state index is 12.5. The first-order valence-electron chi connectivity index (χ1n) is 7.43. The minimum absolute atomic E-state index is 0.0435. The number of aromatic hydroxyl groups is 1. The van der Waals surface area contributed by atoms with Crippen LogP contribution in [0.5, 0.6) is 5.75 Å². The zero-order valence-electron chi connectivity index (χ0n) is 12.7. The number of likely N-dealkylation sites (tertiary alicyclic amines) is 1. The third-order valence-electron chi connectivity index (χ3n) is 4.15. The van der Waals surface area contributed by atoms with E-state index in [4.69, 9.17) is 4.52 Å². The third-order valence-corrected chi connectivity index (χ3v) is 4.15. The monoisotopic (exact) mass is 301 g/mol. The minimum Gasteiger partial charge on any atom is -0.508 e. The smallest absolute Gasteiger partial charge is 0.253 e. The number of carbonyl (C=O) groups excluding carboxylic acids is 1. The van der Waals surface area contributed by atoms with Crippen molar-refractivity contribution in [1.82, 2.24) is 15.0 Å². The zero-order valence-corrected chi connectivity index (χ0v) is 12.7. The number of rotatable bonds is 2. The lowest BCUT2D eigenvalue weighted by Gasteiger charge is -2.30. The Labute approximate surface area is 128 Å². The van der Waals surface area contributed by atoms with Gasteiger partial charge in [0, 0.05) is 31.5 Å². The number of carbonyl (C=O) groups is 1. The number of hydrogen-bond donors (Lipinski definition) is 1. The van der Waals surface area contributed by atoms with Crippen molar-refractivity contribution in [1.29, 1.82) is 0 Å². The molecule has 1 saturated heterocycles. The highest BCUT2D eigenvalue weighted by molar-refractivity contribution is 5.94. The number of phenolic OH excluding ortho intramolecular Hbond substituents is 1. The summed E-state index contributed by atoms with van der Waals surface area (Å²) in [6.07, 6.45) is 1.64. The first-order valence-corrected chi connectivity index (χ1v) is 7.43. The molecule has 0 radical (unpaired) electrons. The summed E-state index contributed by atoms with van der Waals surface area (Å²) in [7, 11) is 0. The Morgan fingerprint density at radius 3 is 2.64 bits per heavy atom. The third kappa shape index (κ3) is 2.81. The van der Waals surface area contributed by atoms with Crippen LogP contribution in [-0.2, 0) is 0 Å². The molecule has 1 aliphatic rings. The Hall–Kier alpha value is -2.37. The van der Waals surface area contributed by atoms with E-state index in [1.54, 1.807) is 19.1 Å². The molecule has 0 atom stereocenters. The number of benzene rings is 1. The Morgan fingerprint density at radius 2 is 2.05 bits per heavy atom. The second-order valence-corrected chi connectivity index (χ2v) is 5.74. The van der Waals surface area contributed by atoms with Crippen molar-refractivity contribution in [2.24, 2.45) is 0 Å². The highest BCUT2D eigenvalue weighted by atomic mass is 16.5. The molecule has 2 heterocycles. The van der Waals surface area contributed by atoms with Gasteiger partial charge in [-0.15, -0.1) is 0 Å². The molecule has 0 unspecified atom stereocenters. The number of piperidine rings is 1. The van der Waals surface area contributed by atoms with Crippen LogP contribution in [0.15, 0.2) is 22.7 Å². The number of hydrogen-bond acceptors (Lipinski definition) is 5. The molecule has 116 valence electrons. The van der Waals surface area contributed by atoms with Gasteiger partial charge in [0.25, 0.3) is 5.91 Å². The summed E-state index contributed by atoms with van der Waals surface area (Å²) < 4.78 is 5.02. The predicted octanol–water partition coefficient (Wildman–Crippen LogP) is 2.41. The molecule has 2 aromatic rings. The van der Waals surface area contributed by atoms with Crippen LogP contribution < -0.4 is 0 Å². The van der Waals surface area contributed by atoms with Crippen LogP contribution in [0.4, 0.5) is 0 Å². The summed E-state index contributed by atoms with van der Waals surface area (Å²) in [5.41, 5.74) is 1.29. The largest absolute Gasteiger partial charge is 0.508 e. The van der Waals surface area contributed by atoms with Crippen LogP contribution in [0, 0.1) is 13.8 Å². The van der Waals surface area contributed by atoms with Crippen LogP contribution in [0.2, 0.25) is 0 Å². The first-order chi connectivity index (χ1) is 10.5. The number of nitrogens with zero attached hydrogens (tertiary/aromatic N) is 3. The standard InChI is InChI=1S/C16H19N3O3/c1-10-3-4-13(9-14(10)20)16(21)19-7-5-12(6-8-19)15-17-11(2)22-18-15/h3-4,9,12,20H,5-8H2,1-2H3. The van der Waals surface area contributed by atoms with Gasteiger partial charge in [0.2, 0.25) is 5.89 Å². The molecule has 3 rings (SSSR count). The van der Waals surface area contributed by atoms with E-state index in [1.807, 2.05) is 11.8 Å². The number of aromatic nitrogens is 2. The molecule has 0 aliphatic carbocycles. The summed E-state index contributed by atoms with van der Waals surface area (Å²) in [4.78, 5) is 18.6. The summed E-state index contributed by atoms with van der Waals surface area (Å²) in [6, 6.07) is 5.05. The maximum Gasteiger partial charge on any atom is 0.253 e. The van der Waals surface area contributed by atoms with Crippen molar-refractivity contribution in [2.45, 2.75) is 32.6 Å². The summed E-state index contributed by atoms with van der Waals surface area (Å²) in [6.45, 7) is 4.90. The lowest BCUT2D eigenvalue weighted by atomic mass is 9.95. The van der Waals surface area contributed by atoms with Gasteiger partial charge in [-0.05, 0) is 37.5 Å². The number of aryl methyl sites for hydroxylation is 2. The van der Waals surface area contributed by atoms with E-state index in [-0.39, 0.29) is 17.6 Å². The average Bonchev–Trinajstić information content (AvgIpc) is 2.96. The lowest BCUT2D eigenvalue weighted by molar-refractivity contribution is 0.0710. The summed E-state index contributed by atoms with van der Waals surface area (Å²) >= 11 is 0. The van der Waals surface area contributed by atoms with Crippen molar-refractivity contribution < 1.29 is 14.4 Å². The van der Waals surface area contributed by atoms with E-state index >= 15 is 0 Å². The van der Waals surface area contributed by atoms with Crippen molar-refractivity contribution >= 4 is 5.91 Å². The number of phenols is 1. The van der Waals surface area contributed by atoms with Gasteiger partial charge in [-0.1, -0.05) is 11.2 Å². The van der Waals surface area contributed by atoms with Crippen molar-refractivity contribution in [3.05, 3.63) is 41.0 Å². The van der Waals surface area contributed by atoms with Gasteiger partial charge in [0.15, 0.2) is 5.82 Å². The molecule has 1 aromatic carbocycles. The molecular formula is C16H19N3O3. The topological polar surface area (TPSA) is 79.5 Å². The average molecular weight is 301 g/mol. The molecule has 1 aliphatic heterocycles. The maximum atomic E-state index is 12.5. The van der Waals surface area contributed by atoms with E-state index in [9.17, 15) is 9.90 Å². The van der Waals surface area contributed by atoms with E-state index in [0.717, 1.165) is 24.2 Å². The van der Waals surface area contributed by atoms with E-state index < -0.39 is 0 Å². The second kappa shape index (κ2) is 5.79. The predicted molar refractivity (Wildman–Crippen MR) is 79.8 cm³/mol. The molecule has 22 heavy (non-hydrogen) atoms. The highest BCUT2D eigenvalue weighted by Crippen LogP contribution is 2.27. The van der Waals surface area contributed by atoms with E-state index in [0.29, 0.717) is 24.5 Å². The fraction of sp³-hybridized carbons (Fsp3) is 0.438. The van der Waals surface area contributed by atoms with Gasteiger partial charge < -0.3 is 14.5 Å². The SMILES string of the molecule is Cc1nc(C2CCN(C(=O)c3ccc(C)c(O)c3)CC2)no1. The van der Waals surface area contributed by atoms with Crippen LogP contribution in [-0.4, -0.2) is 39.1 Å². The van der Waals surface area contributed by atoms with Gasteiger partial charge in [0.1, 0.15) is 5.75 Å². The Morgan fingerprint density at radius 1 is 1.32 bits per heavy atom. The fourth-order valence-electron chi connectivity index (χ4n) is 2.75.